The van der Waals surface area contributed by atoms with E-state index in [1.807, 2.05) is 30.5 Å². The number of rotatable bonds is 11. The quantitative estimate of drug-likeness (QED) is 0.275. The fraction of sp³-hybridized carbons (Fsp3) is 0.400. The molecule has 0 spiro atoms. The molecule has 0 aliphatic heterocycles. The highest BCUT2D eigenvalue weighted by atomic mass is 16.5. The van der Waals surface area contributed by atoms with Gasteiger partial charge in [-0.3, -0.25) is 4.79 Å². The normalized spacial score (nSPS) is 14.7. The van der Waals surface area contributed by atoms with Crippen molar-refractivity contribution in [1.29, 1.82) is 0 Å². The van der Waals surface area contributed by atoms with Crippen LogP contribution in [-0.4, -0.2) is 46.1 Å². The lowest BCUT2D eigenvalue weighted by atomic mass is 9.89. The Morgan fingerprint density at radius 3 is 2.74 bits per heavy atom. The zero-order chi connectivity index (χ0) is 26.6. The van der Waals surface area contributed by atoms with Gasteiger partial charge in [-0.2, -0.15) is 0 Å². The summed E-state index contributed by atoms with van der Waals surface area (Å²) < 4.78 is 7.86. The van der Waals surface area contributed by atoms with Gasteiger partial charge in [0.05, 0.1) is 12.8 Å². The molecule has 8 heteroatoms. The molecule has 2 atom stereocenters. The predicted octanol–water partition coefficient (Wildman–Crippen LogP) is 5.51. The largest absolute Gasteiger partial charge is 0.496 e. The van der Waals surface area contributed by atoms with Gasteiger partial charge in [0, 0.05) is 55.1 Å². The van der Waals surface area contributed by atoms with Crippen LogP contribution in [0.15, 0.2) is 55.1 Å². The van der Waals surface area contributed by atoms with Crippen molar-refractivity contribution in [3.63, 3.8) is 0 Å². The van der Waals surface area contributed by atoms with Crippen molar-refractivity contribution in [2.75, 3.05) is 26.0 Å². The van der Waals surface area contributed by atoms with Crippen LogP contribution in [-0.2, 0) is 6.54 Å². The Hall–Kier alpha value is -3.94. The number of anilines is 1. The maximum atomic E-state index is 12.0. The van der Waals surface area contributed by atoms with E-state index >= 15 is 0 Å². The second-order valence-corrected chi connectivity index (χ2v) is 10.5. The number of carbonyl (C=O) groups is 1. The third kappa shape index (κ3) is 5.79. The van der Waals surface area contributed by atoms with E-state index in [1.54, 1.807) is 20.5 Å². The topological polar surface area (TPSA) is 94.0 Å². The van der Waals surface area contributed by atoms with Crippen LogP contribution >= 0.6 is 0 Å². The number of hydrogen-bond donors (Lipinski definition) is 2. The second-order valence-electron chi connectivity index (χ2n) is 10.5. The molecular weight excluding hydrogens is 476 g/mol. The minimum Gasteiger partial charge on any atom is -0.496 e. The molecular formula is C30H36N6O2. The van der Waals surface area contributed by atoms with Crippen LogP contribution in [0.2, 0.25) is 0 Å². The zero-order valence-corrected chi connectivity index (χ0v) is 22.6. The molecule has 1 aliphatic carbocycles. The maximum Gasteiger partial charge on any atom is 0.251 e. The lowest BCUT2D eigenvalue weighted by molar-refractivity contribution is 0.0962. The third-order valence-electron chi connectivity index (χ3n) is 7.36. The van der Waals surface area contributed by atoms with Crippen molar-refractivity contribution < 1.29 is 9.53 Å². The van der Waals surface area contributed by atoms with Crippen LogP contribution in [0.5, 0.6) is 5.75 Å². The summed E-state index contributed by atoms with van der Waals surface area (Å²) in [6.45, 7) is 6.25. The van der Waals surface area contributed by atoms with E-state index in [1.165, 1.54) is 12.8 Å². The standard InChI is InChI=1S/C30H36N6O2/c1-19(11-20(2)25-8-7-23(30(37)31-3)13-27(25)38-4)15-32-28-14-26(34-18-35-28)24-12-22-9-10-36(17-21-5-6-21)29(22)33-16-24/h7-10,12-14,16,18-21H,5-6,11,15,17H2,1-4H3,(H,31,37)(H,32,34,35). The van der Waals surface area contributed by atoms with E-state index in [0.29, 0.717) is 11.5 Å². The fourth-order valence-corrected chi connectivity index (χ4v) is 5.05. The highest BCUT2D eigenvalue weighted by Gasteiger charge is 2.22. The lowest BCUT2D eigenvalue weighted by Crippen LogP contribution is -2.18. The van der Waals surface area contributed by atoms with Crippen molar-refractivity contribution in [1.82, 2.24) is 24.8 Å². The van der Waals surface area contributed by atoms with E-state index in [2.05, 4.69) is 57.3 Å². The molecule has 0 bridgehead atoms. The van der Waals surface area contributed by atoms with Crippen LogP contribution < -0.4 is 15.4 Å². The molecule has 3 aromatic heterocycles. The average molecular weight is 513 g/mol. The fourth-order valence-electron chi connectivity index (χ4n) is 5.05. The van der Waals surface area contributed by atoms with Crippen molar-refractivity contribution in [3.8, 4) is 17.0 Å². The first kappa shape index (κ1) is 25.7. The first-order chi connectivity index (χ1) is 18.4. The van der Waals surface area contributed by atoms with E-state index in [4.69, 9.17) is 9.72 Å². The Balaban J connectivity index is 1.21. The monoisotopic (exact) mass is 512 g/mol. The van der Waals surface area contributed by atoms with Gasteiger partial charge < -0.3 is 19.9 Å². The van der Waals surface area contributed by atoms with Crippen LogP contribution in [0.3, 0.4) is 0 Å². The number of amides is 1. The smallest absolute Gasteiger partial charge is 0.251 e. The number of fused-ring (bicyclic) bond motifs is 1. The highest BCUT2D eigenvalue weighted by molar-refractivity contribution is 5.94. The molecule has 198 valence electrons. The number of carbonyl (C=O) groups excluding carboxylic acids is 1. The second kappa shape index (κ2) is 11.2. The lowest BCUT2D eigenvalue weighted by Gasteiger charge is -2.21. The summed E-state index contributed by atoms with van der Waals surface area (Å²) in [6.07, 6.45) is 9.26. The van der Waals surface area contributed by atoms with Gasteiger partial charge in [-0.1, -0.05) is 19.9 Å². The Morgan fingerprint density at radius 1 is 1.13 bits per heavy atom. The van der Waals surface area contributed by atoms with E-state index in [-0.39, 0.29) is 11.8 Å². The first-order valence-electron chi connectivity index (χ1n) is 13.4. The van der Waals surface area contributed by atoms with Crippen molar-refractivity contribution in [2.45, 2.75) is 45.6 Å². The Morgan fingerprint density at radius 2 is 1.97 bits per heavy atom. The van der Waals surface area contributed by atoms with Gasteiger partial charge in [0.25, 0.3) is 5.91 Å². The maximum absolute atomic E-state index is 12.0. The number of benzene rings is 1. The Labute approximate surface area is 223 Å². The molecule has 1 fully saturated rings. The summed E-state index contributed by atoms with van der Waals surface area (Å²) in [4.78, 5) is 25.7. The molecule has 1 aromatic carbocycles. The van der Waals surface area contributed by atoms with Gasteiger partial charge in [0.1, 0.15) is 23.5 Å². The van der Waals surface area contributed by atoms with Crippen molar-refractivity contribution >= 4 is 22.8 Å². The molecule has 2 unspecified atom stereocenters. The summed E-state index contributed by atoms with van der Waals surface area (Å²) in [5, 5.41) is 7.28. The average Bonchev–Trinajstić information content (AvgIpc) is 3.68. The summed E-state index contributed by atoms with van der Waals surface area (Å²) in [5.74, 6) is 2.89. The van der Waals surface area contributed by atoms with Crippen LogP contribution in [0.1, 0.15) is 54.9 Å². The molecule has 8 nitrogen and oxygen atoms in total. The molecule has 1 saturated carbocycles. The Bertz CT molecular complexity index is 1430. The Kier molecular flexibility index (Phi) is 7.58. The molecule has 38 heavy (non-hydrogen) atoms. The summed E-state index contributed by atoms with van der Waals surface area (Å²) in [7, 11) is 3.28. The molecule has 1 aliphatic rings. The van der Waals surface area contributed by atoms with Gasteiger partial charge in [-0.25, -0.2) is 15.0 Å². The molecule has 0 radical (unpaired) electrons. The van der Waals surface area contributed by atoms with Crippen LogP contribution in [0, 0.1) is 11.8 Å². The molecule has 4 aromatic rings. The number of pyridine rings is 1. The van der Waals surface area contributed by atoms with Gasteiger partial charge in [0.15, 0.2) is 0 Å². The van der Waals surface area contributed by atoms with E-state index < -0.39 is 0 Å². The number of hydrogen-bond acceptors (Lipinski definition) is 6. The van der Waals surface area contributed by atoms with Crippen LogP contribution in [0.4, 0.5) is 5.82 Å². The van der Waals surface area contributed by atoms with Gasteiger partial charge in [-0.05, 0) is 66.8 Å². The molecule has 2 N–H and O–H groups in total. The van der Waals surface area contributed by atoms with Gasteiger partial charge in [-0.15, -0.1) is 0 Å². The highest BCUT2D eigenvalue weighted by Crippen LogP contribution is 2.33. The number of nitrogens with one attached hydrogen (secondary N) is 2. The minimum atomic E-state index is -0.119. The van der Waals surface area contributed by atoms with Gasteiger partial charge >= 0.3 is 0 Å². The number of aromatic nitrogens is 4. The van der Waals surface area contributed by atoms with Crippen molar-refractivity contribution in [3.05, 3.63) is 66.2 Å². The van der Waals surface area contributed by atoms with E-state index in [9.17, 15) is 4.79 Å². The number of methoxy groups -OCH3 is 1. The van der Waals surface area contributed by atoms with Crippen LogP contribution in [0.25, 0.3) is 22.3 Å². The summed E-state index contributed by atoms with van der Waals surface area (Å²) >= 11 is 0. The molecule has 3 heterocycles. The SMILES string of the molecule is CNC(=O)c1ccc(C(C)CC(C)CNc2cc(-c3cnc4c(ccn4CC4CC4)c3)ncn2)c(OC)c1. The first-order valence-corrected chi connectivity index (χ1v) is 13.4. The summed E-state index contributed by atoms with van der Waals surface area (Å²) in [5.41, 5.74) is 4.58. The van der Waals surface area contributed by atoms with Crippen molar-refractivity contribution in [2.24, 2.45) is 11.8 Å². The van der Waals surface area contributed by atoms with Gasteiger partial charge in [0.2, 0.25) is 0 Å². The molecule has 1 amide bonds. The zero-order valence-electron chi connectivity index (χ0n) is 22.6. The van der Waals surface area contributed by atoms with E-state index in [0.717, 1.165) is 64.8 Å². The molecule has 0 saturated heterocycles. The predicted molar refractivity (Wildman–Crippen MR) is 151 cm³/mol. The third-order valence-corrected chi connectivity index (χ3v) is 7.36. The number of nitrogens with zero attached hydrogens (tertiary/aromatic N) is 4. The minimum absolute atomic E-state index is 0.119. The summed E-state index contributed by atoms with van der Waals surface area (Å²) in [6, 6.07) is 11.9. The molecule has 5 rings (SSSR count). The number of ether oxygens (including phenoxy) is 1.